The molecule has 2 aromatic carbocycles. The van der Waals surface area contributed by atoms with Gasteiger partial charge >= 0.3 is 0 Å². The molecule has 0 aliphatic carbocycles. The highest BCUT2D eigenvalue weighted by molar-refractivity contribution is 9.10. The number of hydrogen-bond donors (Lipinski definition) is 0. The molecule has 0 heterocycles. The highest BCUT2D eigenvalue weighted by atomic mass is 79.9. The van der Waals surface area contributed by atoms with Gasteiger partial charge in [-0.2, -0.15) is 0 Å². The second kappa shape index (κ2) is 5.52. The summed E-state index contributed by atoms with van der Waals surface area (Å²) in [5, 5.41) is 0. The monoisotopic (exact) mass is 299 g/mol. The van der Waals surface area contributed by atoms with Crippen LogP contribution in [0.5, 0.6) is 11.5 Å². The average Bonchev–Trinajstić information content (AvgIpc) is 2.42. The van der Waals surface area contributed by atoms with Gasteiger partial charge in [0.1, 0.15) is 11.5 Å². The van der Waals surface area contributed by atoms with E-state index in [1.54, 1.807) is 30.3 Å². The lowest BCUT2D eigenvalue weighted by Gasteiger charge is -2.07. The molecule has 0 saturated carbocycles. The molecule has 0 atom stereocenters. The standard InChI is InChI=1S/C15H10BrNO/c1-3-11-10-14(8-9-15(11)16)18-13-6-4-12(17-2)5-7-13/h3-10H,1H2. The second-order valence-corrected chi connectivity index (χ2v) is 4.45. The van der Waals surface area contributed by atoms with Gasteiger partial charge in [-0.15, -0.1) is 0 Å². The molecule has 0 radical (unpaired) electrons. The van der Waals surface area contributed by atoms with Crippen LogP contribution < -0.4 is 4.74 Å². The van der Waals surface area contributed by atoms with Gasteiger partial charge in [0.25, 0.3) is 0 Å². The molecule has 0 aliphatic rings. The zero-order valence-corrected chi connectivity index (χ0v) is 11.1. The molecule has 0 aliphatic heterocycles. The van der Waals surface area contributed by atoms with Crippen LogP contribution in [-0.2, 0) is 0 Å². The SMILES string of the molecule is [C-]#[N+]c1ccc(Oc2ccc(Br)c(C=C)c2)cc1. The predicted octanol–water partition coefficient (Wildman–Crippen LogP) is 5.44. The predicted molar refractivity (Wildman–Crippen MR) is 77.0 cm³/mol. The maximum Gasteiger partial charge on any atom is 0.187 e. The average molecular weight is 300 g/mol. The third kappa shape index (κ3) is 2.79. The second-order valence-electron chi connectivity index (χ2n) is 3.60. The fourth-order valence-corrected chi connectivity index (χ4v) is 1.88. The van der Waals surface area contributed by atoms with Crippen LogP contribution in [0.4, 0.5) is 5.69 Å². The number of nitrogens with zero attached hydrogens (tertiary/aromatic N) is 1. The number of halogens is 1. The van der Waals surface area contributed by atoms with Crippen molar-refractivity contribution in [3.8, 4) is 11.5 Å². The Morgan fingerprint density at radius 2 is 1.78 bits per heavy atom. The van der Waals surface area contributed by atoms with Crippen LogP contribution in [0.3, 0.4) is 0 Å². The van der Waals surface area contributed by atoms with Crippen LogP contribution in [0.15, 0.2) is 53.5 Å². The van der Waals surface area contributed by atoms with E-state index in [1.807, 2.05) is 18.2 Å². The smallest absolute Gasteiger partial charge is 0.187 e. The van der Waals surface area contributed by atoms with Crippen LogP contribution >= 0.6 is 15.9 Å². The molecule has 88 valence electrons. The van der Waals surface area contributed by atoms with Crippen molar-refractivity contribution in [2.24, 2.45) is 0 Å². The van der Waals surface area contributed by atoms with E-state index in [9.17, 15) is 0 Å². The van der Waals surface area contributed by atoms with Crippen molar-refractivity contribution in [2.45, 2.75) is 0 Å². The van der Waals surface area contributed by atoms with Crippen LogP contribution in [-0.4, -0.2) is 0 Å². The summed E-state index contributed by atoms with van der Waals surface area (Å²) in [5.41, 5.74) is 1.58. The first kappa shape index (κ1) is 12.4. The maximum absolute atomic E-state index is 6.88. The first-order valence-corrected chi connectivity index (χ1v) is 6.09. The van der Waals surface area contributed by atoms with E-state index in [-0.39, 0.29) is 0 Å². The highest BCUT2D eigenvalue weighted by Crippen LogP contribution is 2.28. The van der Waals surface area contributed by atoms with E-state index in [1.165, 1.54) is 0 Å². The van der Waals surface area contributed by atoms with Crippen molar-refractivity contribution in [3.05, 3.63) is 70.5 Å². The third-order valence-electron chi connectivity index (χ3n) is 2.39. The molecule has 0 fully saturated rings. The summed E-state index contributed by atoms with van der Waals surface area (Å²) in [6, 6.07) is 12.7. The van der Waals surface area contributed by atoms with Gasteiger partial charge in [-0.3, -0.25) is 0 Å². The zero-order valence-electron chi connectivity index (χ0n) is 9.56. The Kier molecular flexibility index (Phi) is 3.81. The van der Waals surface area contributed by atoms with Gasteiger partial charge < -0.3 is 4.74 Å². The lowest BCUT2D eigenvalue weighted by molar-refractivity contribution is 0.482. The molecule has 0 spiro atoms. The number of hydrogen-bond acceptors (Lipinski definition) is 1. The van der Waals surface area contributed by atoms with E-state index in [0.29, 0.717) is 11.4 Å². The van der Waals surface area contributed by atoms with Crippen molar-refractivity contribution in [2.75, 3.05) is 0 Å². The van der Waals surface area contributed by atoms with E-state index < -0.39 is 0 Å². The number of benzene rings is 2. The van der Waals surface area contributed by atoms with Gasteiger partial charge in [-0.25, -0.2) is 4.85 Å². The molecule has 0 unspecified atom stereocenters. The summed E-state index contributed by atoms with van der Waals surface area (Å²) in [4.78, 5) is 3.33. The summed E-state index contributed by atoms with van der Waals surface area (Å²) in [6.07, 6.45) is 1.76. The van der Waals surface area contributed by atoms with E-state index in [2.05, 4.69) is 27.4 Å². The van der Waals surface area contributed by atoms with Gasteiger partial charge in [0, 0.05) is 4.47 Å². The molecule has 0 bridgehead atoms. The first-order chi connectivity index (χ1) is 8.72. The lowest BCUT2D eigenvalue weighted by Crippen LogP contribution is -1.85. The van der Waals surface area contributed by atoms with Crippen molar-refractivity contribution < 1.29 is 4.74 Å². The molecule has 3 heteroatoms. The van der Waals surface area contributed by atoms with Crippen LogP contribution in [0, 0.1) is 6.57 Å². The Morgan fingerprint density at radius 3 is 2.39 bits per heavy atom. The summed E-state index contributed by atoms with van der Waals surface area (Å²) in [7, 11) is 0. The molecule has 0 aromatic heterocycles. The van der Waals surface area contributed by atoms with Crippen LogP contribution in [0.2, 0.25) is 0 Å². The fourth-order valence-electron chi connectivity index (χ4n) is 1.47. The zero-order chi connectivity index (χ0) is 13.0. The van der Waals surface area contributed by atoms with E-state index in [4.69, 9.17) is 11.3 Å². The minimum absolute atomic E-state index is 0.602. The number of ether oxygens (including phenoxy) is 1. The molecule has 2 nitrogen and oxygen atoms in total. The van der Waals surface area contributed by atoms with Crippen molar-refractivity contribution in [3.63, 3.8) is 0 Å². The van der Waals surface area contributed by atoms with E-state index in [0.717, 1.165) is 15.8 Å². The Morgan fingerprint density at radius 1 is 1.11 bits per heavy atom. The van der Waals surface area contributed by atoms with Gasteiger partial charge in [0.2, 0.25) is 0 Å². The Balaban J connectivity index is 2.23. The lowest BCUT2D eigenvalue weighted by atomic mass is 10.2. The summed E-state index contributed by atoms with van der Waals surface area (Å²) in [5.74, 6) is 1.45. The number of rotatable bonds is 3. The van der Waals surface area contributed by atoms with Gasteiger partial charge in [-0.1, -0.05) is 40.7 Å². The summed E-state index contributed by atoms with van der Waals surface area (Å²) < 4.78 is 6.68. The minimum atomic E-state index is 0.602. The maximum atomic E-state index is 6.88. The van der Waals surface area contributed by atoms with Crippen LogP contribution in [0.25, 0.3) is 10.9 Å². The Labute approximate surface area is 114 Å². The molecule has 0 saturated heterocycles. The molecule has 18 heavy (non-hydrogen) atoms. The topological polar surface area (TPSA) is 13.6 Å². The molecular formula is C15H10BrNO. The van der Waals surface area contributed by atoms with Gasteiger partial charge in [-0.05, 0) is 35.9 Å². The fraction of sp³-hybridized carbons (Fsp3) is 0. The van der Waals surface area contributed by atoms with Crippen molar-refractivity contribution in [1.29, 1.82) is 0 Å². The Hall–Kier alpha value is -2.05. The Bertz CT molecular complexity index is 611. The first-order valence-electron chi connectivity index (χ1n) is 5.30. The molecule has 2 rings (SSSR count). The summed E-state index contributed by atoms with van der Waals surface area (Å²) >= 11 is 3.43. The van der Waals surface area contributed by atoms with Gasteiger partial charge in [0.05, 0.1) is 6.57 Å². The van der Waals surface area contributed by atoms with Crippen molar-refractivity contribution in [1.82, 2.24) is 0 Å². The van der Waals surface area contributed by atoms with E-state index >= 15 is 0 Å². The molecule has 2 aromatic rings. The third-order valence-corrected chi connectivity index (χ3v) is 3.11. The molecule has 0 N–H and O–H groups in total. The quantitative estimate of drug-likeness (QED) is 0.689. The van der Waals surface area contributed by atoms with Crippen molar-refractivity contribution >= 4 is 27.7 Å². The minimum Gasteiger partial charge on any atom is -0.457 e. The molecule has 0 amide bonds. The summed E-state index contributed by atoms with van der Waals surface area (Å²) in [6.45, 7) is 10.6. The highest BCUT2D eigenvalue weighted by Gasteiger charge is 2.01. The molecular weight excluding hydrogens is 290 g/mol. The normalized spacial score (nSPS) is 9.56. The van der Waals surface area contributed by atoms with Crippen LogP contribution in [0.1, 0.15) is 5.56 Å². The van der Waals surface area contributed by atoms with Gasteiger partial charge in [0.15, 0.2) is 5.69 Å². The largest absolute Gasteiger partial charge is 0.457 e.